The second-order valence-electron chi connectivity index (χ2n) is 3.44. The lowest BCUT2D eigenvalue weighted by molar-refractivity contribution is -0.136. The average Bonchev–Trinajstić information content (AvgIpc) is 2.22. The standard InChI is InChI=1S/C11H9NO4/c13-7-1-2-8-9(4-7)12-5-6(11(8)16)3-10(14)15/h1-2,4-5,13H,3H2,(H,12,16)(H,14,15). The molecule has 0 spiro atoms. The first-order valence-corrected chi connectivity index (χ1v) is 4.63. The first kappa shape index (κ1) is 10.2. The van der Waals surface area contributed by atoms with Gasteiger partial charge in [-0.05, 0) is 12.1 Å². The van der Waals surface area contributed by atoms with Crippen molar-refractivity contribution in [2.45, 2.75) is 6.42 Å². The molecule has 82 valence electrons. The van der Waals surface area contributed by atoms with E-state index in [-0.39, 0.29) is 23.2 Å². The molecule has 0 bridgehead atoms. The van der Waals surface area contributed by atoms with Crippen molar-refractivity contribution in [2.75, 3.05) is 0 Å². The molecule has 0 aliphatic carbocycles. The number of phenols is 1. The van der Waals surface area contributed by atoms with Crippen LogP contribution in [0.15, 0.2) is 29.2 Å². The van der Waals surface area contributed by atoms with Gasteiger partial charge in [0.1, 0.15) is 5.75 Å². The molecule has 1 aromatic heterocycles. The number of aromatic hydroxyl groups is 1. The van der Waals surface area contributed by atoms with Gasteiger partial charge in [-0.25, -0.2) is 0 Å². The minimum atomic E-state index is -1.05. The third-order valence-electron chi connectivity index (χ3n) is 2.28. The molecule has 0 atom stereocenters. The van der Waals surface area contributed by atoms with E-state index in [0.717, 1.165) is 0 Å². The number of carbonyl (C=O) groups is 1. The number of benzene rings is 1. The summed E-state index contributed by atoms with van der Waals surface area (Å²) in [6.45, 7) is 0. The Kier molecular flexibility index (Phi) is 2.36. The number of phenolic OH excluding ortho intramolecular Hbond substituents is 1. The van der Waals surface area contributed by atoms with Crippen LogP contribution in [0.5, 0.6) is 5.75 Å². The van der Waals surface area contributed by atoms with E-state index in [1.54, 1.807) is 0 Å². The van der Waals surface area contributed by atoms with E-state index in [1.165, 1.54) is 24.4 Å². The minimum absolute atomic E-state index is 0.0501. The lowest BCUT2D eigenvalue weighted by Crippen LogP contribution is -2.14. The maximum absolute atomic E-state index is 11.8. The monoisotopic (exact) mass is 219 g/mol. The molecular weight excluding hydrogens is 210 g/mol. The molecule has 0 amide bonds. The SMILES string of the molecule is O=C(O)Cc1c[nH]c2cc(O)ccc2c1=O. The van der Waals surface area contributed by atoms with Crippen LogP contribution in [-0.2, 0) is 11.2 Å². The Morgan fingerprint density at radius 2 is 2.12 bits per heavy atom. The quantitative estimate of drug-likeness (QED) is 0.698. The summed E-state index contributed by atoms with van der Waals surface area (Å²) in [5.41, 5.74) is 0.362. The van der Waals surface area contributed by atoms with Gasteiger partial charge in [0.2, 0.25) is 0 Å². The molecule has 5 heteroatoms. The number of rotatable bonds is 2. The van der Waals surface area contributed by atoms with E-state index in [0.29, 0.717) is 10.9 Å². The fourth-order valence-corrected chi connectivity index (χ4v) is 1.55. The highest BCUT2D eigenvalue weighted by Gasteiger charge is 2.08. The molecule has 2 aromatic rings. The van der Waals surface area contributed by atoms with E-state index >= 15 is 0 Å². The Balaban J connectivity index is 2.66. The number of hydrogen-bond acceptors (Lipinski definition) is 3. The van der Waals surface area contributed by atoms with E-state index in [4.69, 9.17) is 5.11 Å². The normalized spacial score (nSPS) is 10.5. The fourth-order valence-electron chi connectivity index (χ4n) is 1.55. The summed E-state index contributed by atoms with van der Waals surface area (Å²) < 4.78 is 0. The van der Waals surface area contributed by atoms with Gasteiger partial charge in [0.25, 0.3) is 0 Å². The predicted octanol–water partition coefficient (Wildman–Crippen LogP) is 0.861. The van der Waals surface area contributed by atoms with Crippen LogP contribution in [0.25, 0.3) is 10.9 Å². The summed E-state index contributed by atoms with van der Waals surface area (Å²) in [5, 5.41) is 18.2. The molecule has 0 unspecified atom stereocenters. The Labute approximate surface area is 90.0 Å². The van der Waals surface area contributed by atoms with Crippen LogP contribution in [0.1, 0.15) is 5.56 Å². The maximum Gasteiger partial charge on any atom is 0.308 e. The predicted molar refractivity (Wildman–Crippen MR) is 57.6 cm³/mol. The van der Waals surface area contributed by atoms with Crippen molar-refractivity contribution in [3.63, 3.8) is 0 Å². The largest absolute Gasteiger partial charge is 0.508 e. The van der Waals surface area contributed by atoms with Crippen molar-refractivity contribution in [2.24, 2.45) is 0 Å². The van der Waals surface area contributed by atoms with Gasteiger partial charge in [-0.2, -0.15) is 0 Å². The van der Waals surface area contributed by atoms with Crippen molar-refractivity contribution < 1.29 is 15.0 Å². The molecule has 0 aliphatic rings. The number of hydrogen-bond donors (Lipinski definition) is 3. The van der Waals surface area contributed by atoms with Gasteiger partial charge in [-0.15, -0.1) is 0 Å². The summed E-state index contributed by atoms with van der Waals surface area (Å²) >= 11 is 0. The Morgan fingerprint density at radius 1 is 1.38 bits per heavy atom. The zero-order chi connectivity index (χ0) is 11.7. The molecule has 1 heterocycles. The van der Waals surface area contributed by atoms with Gasteiger partial charge in [0.05, 0.1) is 11.9 Å². The number of H-pyrrole nitrogens is 1. The molecule has 1 aromatic carbocycles. The van der Waals surface area contributed by atoms with Crippen LogP contribution >= 0.6 is 0 Å². The third kappa shape index (κ3) is 1.75. The summed E-state index contributed by atoms with van der Waals surface area (Å²) in [7, 11) is 0. The van der Waals surface area contributed by atoms with Crippen LogP contribution < -0.4 is 5.43 Å². The molecule has 0 saturated heterocycles. The number of carboxylic acid groups (broad SMARTS) is 1. The highest BCUT2D eigenvalue weighted by atomic mass is 16.4. The van der Waals surface area contributed by atoms with Gasteiger partial charge < -0.3 is 15.2 Å². The summed E-state index contributed by atoms with van der Waals surface area (Å²) in [4.78, 5) is 25.1. The fraction of sp³-hybridized carbons (Fsp3) is 0.0909. The number of aliphatic carboxylic acids is 1. The zero-order valence-corrected chi connectivity index (χ0v) is 8.23. The number of fused-ring (bicyclic) bond motifs is 1. The van der Waals surface area contributed by atoms with Crippen LogP contribution in [0.3, 0.4) is 0 Å². The first-order chi connectivity index (χ1) is 7.58. The highest BCUT2D eigenvalue weighted by Crippen LogP contribution is 2.15. The Morgan fingerprint density at radius 3 is 2.81 bits per heavy atom. The van der Waals surface area contributed by atoms with E-state index in [1.807, 2.05) is 0 Å². The smallest absolute Gasteiger partial charge is 0.308 e. The lowest BCUT2D eigenvalue weighted by atomic mass is 10.1. The lowest BCUT2D eigenvalue weighted by Gasteiger charge is -2.01. The molecule has 5 nitrogen and oxygen atoms in total. The van der Waals surface area contributed by atoms with Gasteiger partial charge in [-0.3, -0.25) is 9.59 Å². The van der Waals surface area contributed by atoms with Crippen LogP contribution in [-0.4, -0.2) is 21.2 Å². The van der Waals surface area contributed by atoms with Crippen LogP contribution in [0.4, 0.5) is 0 Å². The zero-order valence-electron chi connectivity index (χ0n) is 8.23. The van der Waals surface area contributed by atoms with Crippen molar-refractivity contribution in [1.82, 2.24) is 4.98 Å². The topological polar surface area (TPSA) is 90.4 Å². The van der Waals surface area contributed by atoms with Gasteiger partial charge in [0.15, 0.2) is 5.43 Å². The molecule has 0 fully saturated rings. The highest BCUT2D eigenvalue weighted by molar-refractivity contribution is 5.81. The third-order valence-corrected chi connectivity index (χ3v) is 2.28. The van der Waals surface area contributed by atoms with Crippen molar-refractivity contribution in [3.05, 3.63) is 40.2 Å². The molecule has 0 aliphatic heterocycles. The van der Waals surface area contributed by atoms with Crippen molar-refractivity contribution >= 4 is 16.9 Å². The number of nitrogens with one attached hydrogen (secondary N) is 1. The minimum Gasteiger partial charge on any atom is -0.508 e. The van der Waals surface area contributed by atoms with Crippen LogP contribution in [0, 0.1) is 0 Å². The van der Waals surface area contributed by atoms with E-state index in [2.05, 4.69) is 4.98 Å². The number of aromatic amines is 1. The molecule has 0 saturated carbocycles. The van der Waals surface area contributed by atoms with E-state index < -0.39 is 5.97 Å². The molecule has 0 radical (unpaired) electrons. The van der Waals surface area contributed by atoms with Crippen molar-refractivity contribution in [3.8, 4) is 5.75 Å². The maximum atomic E-state index is 11.8. The summed E-state index contributed by atoms with van der Waals surface area (Å²) in [6, 6.07) is 4.28. The van der Waals surface area contributed by atoms with E-state index in [9.17, 15) is 14.7 Å². The Bertz CT molecular complexity index is 615. The first-order valence-electron chi connectivity index (χ1n) is 4.63. The number of pyridine rings is 1. The van der Waals surface area contributed by atoms with Crippen LogP contribution in [0.2, 0.25) is 0 Å². The van der Waals surface area contributed by atoms with Crippen molar-refractivity contribution in [1.29, 1.82) is 0 Å². The van der Waals surface area contributed by atoms with Gasteiger partial charge >= 0.3 is 5.97 Å². The molecular formula is C11H9NO4. The molecule has 2 rings (SSSR count). The number of aromatic nitrogens is 1. The number of carboxylic acids is 1. The van der Waals surface area contributed by atoms with Gasteiger partial charge in [-0.1, -0.05) is 0 Å². The molecule has 16 heavy (non-hydrogen) atoms. The second kappa shape index (κ2) is 3.69. The second-order valence-corrected chi connectivity index (χ2v) is 3.44. The summed E-state index contributed by atoms with van der Waals surface area (Å²) in [6.07, 6.45) is 1.05. The summed E-state index contributed by atoms with van der Waals surface area (Å²) in [5.74, 6) is -1.00. The average molecular weight is 219 g/mol. The van der Waals surface area contributed by atoms with Gasteiger partial charge in [0, 0.05) is 23.2 Å². The molecule has 3 N–H and O–H groups in total. The Hall–Kier alpha value is -2.30.